The number of aromatic nitrogens is 4. The monoisotopic (exact) mass is 740 g/mol. The van der Waals surface area contributed by atoms with Gasteiger partial charge in [0, 0.05) is 19.2 Å². The molecule has 3 atom stereocenters. The van der Waals surface area contributed by atoms with Crippen LogP contribution in [0.4, 0.5) is 22.1 Å². The molecule has 0 aliphatic carbocycles. The highest BCUT2D eigenvalue weighted by molar-refractivity contribution is 7.57. The van der Waals surface area contributed by atoms with Crippen molar-refractivity contribution < 1.29 is 42.2 Å². The van der Waals surface area contributed by atoms with Crippen molar-refractivity contribution in [3.05, 3.63) is 115 Å². The van der Waals surface area contributed by atoms with Crippen molar-refractivity contribution in [2.45, 2.75) is 45.6 Å². The minimum Gasteiger partial charge on any atom is -0.454 e. The zero-order valence-corrected chi connectivity index (χ0v) is 30.0. The van der Waals surface area contributed by atoms with Gasteiger partial charge in [0.1, 0.15) is 0 Å². The summed E-state index contributed by atoms with van der Waals surface area (Å²) >= 11 is 0. The number of imidazole rings is 1. The molecule has 3 aromatic carbocycles. The van der Waals surface area contributed by atoms with Gasteiger partial charge in [-0.1, -0.05) is 54.6 Å². The first-order valence-corrected chi connectivity index (χ1v) is 18.4. The van der Waals surface area contributed by atoms with Crippen LogP contribution in [0.1, 0.15) is 43.8 Å². The number of carbonyl (C=O) groups excluding carboxylic acids is 3. The molecule has 0 unspecified atom stereocenters. The predicted octanol–water partition coefficient (Wildman–Crippen LogP) is 7.41. The standard InChI is InChI=1S/C37H37N6O9P/c1-4-48-53(47,49-5-2)22-21-29-23-30(51-35(45)26-15-9-6-10-16-26)34(50-29)42-24-38-31-32(42)40-36(39-25(3)44)41-33(31)52-37(46)43(27-17-11-7-12-18-27)28-19-13-8-14-20-28/h6-22,24,29-30,34H,4-5,23H2,1-3H3,(H,39,40,41,44)/b22-21+/t29-,30-,34-/m1/s1. The molecule has 3 heterocycles. The number of nitrogens with one attached hydrogen (secondary N) is 1. The predicted molar refractivity (Wildman–Crippen MR) is 195 cm³/mol. The first kappa shape index (κ1) is 37.0. The molecule has 53 heavy (non-hydrogen) atoms. The zero-order valence-electron chi connectivity index (χ0n) is 29.1. The molecule has 0 spiro atoms. The summed E-state index contributed by atoms with van der Waals surface area (Å²) in [5, 5.41) is 2.54. The normalized spacial score (nSPS) is 17.2. The SMILES string of the molecule is CCOP(=O)(/C=C/[C@@H]1C[C@@H](OC(=O)c2ccccc2)[C@H](n2cnc3c(OC(=O)N(c4ccccc4)c4ccccc4)nc(NC(C)=O)nc32)O1)OCC. The van der Waals surface area contributed by atoms with Crippen LogP contribution in [0.5, 0.6) is 5.88 Å². The molecular formula is C37H37N6O9P. The average Bonchev–Trinajstić information content (AvgIpc) is 3.76. The molecule has 16 heteroatoms. The number of ether oxygens (including phenoxy) is 3. The van der Waals surface area contributed by atoms with Crippen molar-refractivity contribution in [3.63, 3.8) is 0 Å². The number of hydrogen-bond acceptors (Lipinski definition) is 12. The Labute approximate surface area is 305 Å². The van der Waals surface area contributed by atoms with Crippen LogP contribution in [-0.4, -0.2) is 62.9 Å². The van der Waals surface area contributed by atoms with Crippen LogP contribution in [0.3, 0.4) is 0 Å². The number of para-hydroxylation sites is 2. The summed E-state index contributed by atoms with van der Waals surface area (Å²) in [7, 11) is -3.58. The highest BCUT2D eigenvalue weighted by Gasteiger charge is 2.40. The summed E-state index contributed by atoms with van der Waals surface area (Å²) in [5.74, 6) is -0.177. The minimum atomic E-state index is -3.58. The molecule has 274 valence electrons. The quantitative estimate of drug-likeness (QED) is 0.0937. The number of carbonyl (C=O) groups is 3. The Kier molecular flexibility index (Phi) is 11.7. The molecule has 1 aliphatic heterocycles. The maximum atomic E-state index is 13.9. The third-order valence-electron chi connectivity index (χ3n) is 7.81. The van der Waals surface area contributed by atoms with Crippen LogP contribution >= 0.6 is 7.60 Å². The molecule has 0 bridgehead atoms. The Morgan fingerprint density at radius 1 is 0.925 bits per heavy atom. The van der Waals surface area contributed by atoms with E-state index in [1.807, 2.05) is 12.1 Å². The summed E-state index contributed by atoms with van der Waals surface area (Å²) < 4.78 is 43.7. The molecular weight excluding hydrogens is 703 g/mol. The second-order valence-corrected chi connectivity index (χ2v) is 13.5. The van der Waals surface area contributed by atoms with E-state index >= 15 is 0 Å². The van der Waals surface area contributed by atoms with Crippen molar-refractivity contribution in [2.24, 2.45) is 0 Å². The van der Waals surface area contributed by atoms with Crippen LogP contribution in [-0.2, 0) is 27.9 Å². The maximum absolute atomic E-state index is 13.9. The van der Waals surface area contributed by atoms with Crippen LogP contribution in [0.15, 0.2) is 109 Å². The van der Waals surface area contributed by atoms with Crippen LogP contribution < -0.4 is 15.0 Å². The fraction of sp³-hybridized carbons (Fsp3) is 0.243. The number of fused-ring (bicyclic) bond motifs is 1. The van der Waals surface area contributed by atoms with Crippen LogP contribution in [0, 0.1) is 0 Å². The summed E-state index contributed by atoms with van der Waals surface area (Å²) in [6.45, 7) is 5.00. The lowest BCUT2D eigenvalue weighted by Gasteiger charge is -2.22. The molecule has 0 radical (unpaired) electrons. The van der Waals surface area contributed by atoms with E-state index in [0.29, 0.717) is 16.9 Å². The van der Waals surface area contributed by atoms with E-state index in [1.165, 1.54) is 28.5 Å². The maximum Gasteiger partial charge on any atom is 0.425 e. The first-order valence-electron chi connectivity index (χ1n) is 16.8. The van der Waals surface area contributed by atoms with Gasteiger partial charge in [0.05, 0.1) is 42.6 Å². The number of amides is 2. The van der Waals surface area contributed by atoms with Crippen molar-refractivity contribution >= 4 is 54.1 Å². The van der Waals surface area contributed by atoms with Gasteiger partial charge in [0.25, 0.3) is 5.88 Å². The van der Waals surface area contributed by atoms with Crippen LogP contribution in [0.2, 0.25) is 0 Å². The van der Waals surface area contributed by atoms with E-state index in [9.17, 15) is 18.9 Å². The van der Waals surface area contributed by atoms with Gasteiger partial charge < -0.3 is 23.3 Å². The molecule has 1 fully saturated rings. The summed E-state index contributed by atoms with van der Waals surface area (Å²) in [4.78, 5) is 54.1. The van der Waals surface area contributed by atoms with E-state index in [0.717, 1.165) is 0 Å². The lowest BCUT2D eigenvalue weighted by atomic mass is 10.2. The van der Waals surface area contributed by atoms with Gasteiger partial charge in [-0.05, 0) is 56.3 Å². The molecule has 0 saturated carbocycles. The highest BCUT2D eigenvalue weighted by Crippen LogP contribution is 2.50. The number of anilines is 3. The van der Waals surface area contributed by atoms with Gasteiger partial charge in [-0.25, -0.2) is 19.5 Å². The second kappa shape index (κ2) is 16.7. The van der Waals surface area contributed by atoms with Crippen molar-refractivity contribution in [3.8, 4) is 5.88 Å². The van der Waals surface area contributed by atoms with Gasteiger partial charge in [-0.15, -0.1) is 0 Å². The first-order chi connectivity index (χ1) is 25.7. The molecule has 1 aliphatic rings. The molecule has 2 amide bonds. The minimum absolute atomic E-state index is 0.0569. The Balaban J connectivity index is 1.38. The van der Waals surface area contributed by atoms with Gasteiger partial charge >= 0.3 is 19.7 Å². The summed E-state index contributed by atoms with van der Waals surface area (Å²) in [6.07, 6.45) is -0.408. The molecule has 15 nitrogen and oxygen atoms in total. The van der Waals surface area contributed by atoms with Gasteiger partial charge in [0.15, 0.2) is 23.5 Å². The molecule has 5 aromatic rings. The van der Waals surface area contributed by atoms with Crippen molar-refractivity contribution in [1.82, 2.24) is 19.5 Å². The highest BCUT2D eigenvalue weighted by atomic mass is 31.2. The van der Waals surface area contributed by atoms with E-state index < -0.39 is 44.0 Å². The Morgan fingerprint density at radius 3 is 2.11 bits per heavy atom. The second-order valence-electron chi connectivity index (χ2n) is 11.6. The molecule has 1 N–H and O–H groups in total. The Hall–Kier alpha value is -5.73. The Morgan fingerprint density at radius 2 is 1.53 bits per heavy atom. The summed E-state index contributed by atoms with van der Waals surface area (Å²) in [5.41, 5.74) is 1.54. The fourth-order valence-electron chi connectivity index (χ4n) is 5.61. The van der Waals surface area contributed by atoms with Crippen LogP contribution in [0.25, 0.3) is 11.2 Å². The molecule has 2 aromatic heterocycles. The van der Waals surface area contributed by atoms with Crippen molar-refractivity contribution in [2.75, 3.05) is 23.4 Å². The fourth-order valence-corrected chi connectivity index (χ4v) is 6.98. The lowest BCUT2D eigenvalue weighted by molar-refractivity contribution is -0.114. The topological polar surface area (TPSA) is 173 Å². The number of hydrogen-bond donors (Lipinski definition) is 1. The average molecular weight is 741 g/mol. The Bertz CT molecular complexity index is 2080. The largest absolute Gasteiger partial charge is 0.454 e. The van der Waals surface area contributed by atoms with Crippen molar-refractivity contribution in [1.29, 1.82) is 0 Å². The molecule has 6 rings (SSSR count). The lowest BCUT2D eigenvalue weighted by Crippen LogP contribution is -2.29. The smallest absolute Gasteiger partial charge is 0.425 e. The number of rotatable bonds is 13. The zero-order chi connectivity index (χ0) is 37.4. The third-order valence-corrected chi connectivity index (χ3v) is 9.59. The van der Waals surface area contributed by atoms with Gasteiger partial charge in [-0.3, -0.25) is 19.2 Å². The number of benzene rings is 3. The van der Waals surface area contributed by atoms with E-state index in [-0.39, 0.29) is 42.6 Å². The van der Waals surface area contributed by atoms with E-state index in [1.54, 1.807) is 98.8 Å². The van der Waals surface area contributed by atoms with E-state index in [2.05, 4.69) is 20.3 Å². The third kappa shape index (κ3) is 8.84. The van der Waals surface area contributed by atoms with E-state index in [4.69, 9.17) is 23.3 Å². The van der Waals surface area contributed by atoms with Gasteiger partial charge in [0.2, 0.25) is 11.9 Å². The number of esters is 1. The van der Waals surface area contributed by atoms with Gasteiger partial charge in [-0.2, -0.15) is 9.97 Å². The number of nitrogens with zero attached hydrogens (tertiary/aromatic N) is 5. The molecule has 1 saturated heterocycles. The summed E-state index contributed by atoms with van der Waals surface area (Å²) in [6, 6.07) is 26.3.